The predicted octanol–water partition coefficient (Wildman–Crippen LogP) is 9.99. The largest absolute Gasteiger partial charge is 0.396 e. The van der Waals surface area contributed by atoms with Gasteiger partial charge in [-0.2, -0.15) is 0 Å². The molecule has 210 valence electrons. The maximum atomic E-state index is 12.6. The Kier molecular flexibility index (Phi) is 29.2. The van der Waals surface area contributed by atoms with Crippen molar-refractivity contribution >= 4 is 5.91 Å². The van der Waals surface area contributed by atoms with Crippen molar-refractivity contribution in [1.82, 2.24) is 4.90 Å². The summed E-state index contributed by atoms with van der Waals surface area (Å²) in [4.78, 5) is 14.7. The molecule has 0 radical (unpaired) electrons. The molecule has 0 aliphatic heterocycles. The number of aliphatic hydroxyl groups is 1. The summed E-state index contributed by atoms with van der Waals surface area (Å²) in [5, 5.41) is 9.10. The van der Waals surface area contributed by atoms with E-state index in [9.17, 15) is 4.79 Å². The Labute approximate surface area is 221 Å². The minimum absolute atomic E-state index is 0.122. The molecule has 1 amide bonds. The Morgan fingerprint density at radius 2 is 0.743 bits per heavy atom. The Morgan fingerprint density at radius 3 is 1.03 bits per heavy atom. The average Bonchev–Trinajstić information content (AvgIpc) is 2.87. The molecule has 0 aromatic carbocycles. The van der Waals surface area contributed by atoms with E-state index in [-0.39, 0.29) is 12.5 Å². The number of nitrogens with zero attached hydrogens (tertiary/aromatic N) is 1. The van der Waals surface area contributed by atoms with Crippen LogP contribution in [0.25, 0.3) is 0 Å². The summed E-state index contributed by atoms with van der Waals surface area (Å²) in [6.07, 6.45) is 33.6. The van der Waals surface area contributed by atoms with E-state index >= 15 is 0 Å². The highest BCUT2D eigenvalue weighted by Crippen LogP contribution is 2.14. The lowest BCUT2D eigenvalue weighted by atomic mass is 10.0. The van der Waals surface area contributed by atoms with Gasteiger partial charge in [-0.05, 0) is 19.3 Å². The quantitative estimate of drug-likeness (QED) is 0.105. The minimum atomic E-state index is 0.122. The zero-order valence-corrected chi connectivity index (χ0v) is 24.3. The lowest BCUT2D eigenvalue weighted by Crippen LogP contribution is -2.33. The van der Waals surface area contributed by atoms with Crippen LogP contribution in [0.15, 0.2) is 0 Å². The van der Waals surface area contributed by atoms with E-state index in [4.69, 9.17) is 5.11 Å². The van der Waals surface area contributed by atoms with E-state index in [0.29, 0.717) is 12.8 Å². The van der Waals surface area contributed by atoms with E-state index in [1.54, 1.807) is 0 Å². The van der Waals surface area contributed by atoms with Crippen molar-refractivity contribution in [3.63, 3.8) is 0 Å². The highest BCUT2D eigenvalue weighted by Gasteiger charge is 2.12. The number of aliphatic hydroxyl groups excluding tert-OH is 1. The molecule has 0 unspecified atom stereocenters. The number of rotatable bonds is 29. The van der Waals surface area contributed by atoms with Crippen molar-refractivity contribution < 1.29 is 9.90 Å². The van der Waals surface area contributed by atoms with Crippen LogP contribution in [-0.4, -0.2) is 35.6 Å². The van der Waals surface area contributed by atoms with Gasteiger partial charge in [0.2, 0.25) is 5.91 Å². The third-order valence-corrected chi connectivity index (χ3v) is 7.46. The van der Waals surface area contributed by atoms with Crippen LogP contribution in [0, 0.1) is 0 Å². The van der Waals surface area contributed by atoms with E-state index in [2.05, 4.69) is 18.7 Å². The molecule has 0 aromatic heterocycles. The molecular weight excluding hydrogens is 430 g/mol. The van der Waals surface area contributed by atoms with Gasteiger partial charge < -0.3 is 10.0 Å². The second-order valence-corrected chi connectivity index (χ2v) is 11.0. The molecule has 0 fully saturated rings. The number of amides is 1. The van der Waals surface area contributed by atoms with E-state index in [1.165, 1.54) is 141 Å². The Balaban J connectivity index is 3.75. The molecule has 1 N–H and O–H groups in total. The molecule has 0 aliphatic rings. The fourth-order valence-corrected chi connectivity index (χ4v) is 5.04. The van der Waals surface area contributed by atoms with Crippen molar-refractivity contribution in [3.05, 3.63) is 0 Å². The summed E-state index contributed by atoms with van der Waals surface area (Å²) in [6, 6.07) is 0. The van der Waals surface area contributed by atoms with E-state index in [0.717, 1.165) is 25.9 Å². The van der Waals surface area contributed by atoms with Gasteiger partial charge in [0.05, 0.1) is 0 Å². The van der Waals surface area contributed by atoms with Crippen molar-refractivity contribution in [2.24, 2.45) is 0 Å². The smallest absolute Gasteiger partial charge is 0.222 e. The molecule has 3 heteroatoms. The lowest BCUT2D eigenvalue weighted by molar-refractivity contribution is -0.131. The van der Waals surface area contributed by atoms with Gasteiger partial charge in [-0.25, -0.2) is 0 Å². The van der Waals surface area contributed by atoms with Gasteiger partial charge in [-0.1, -0.05) is 155 Å². The van der Waals surface area contributed by atoms with Gasteiger partial charge in [-0.3, -0.25) is 4.79 Å². The van der Waals surface area contributed by atoms with Gasteiger partial charge in [0.25, 0.3) is 0 Å². The molecule has 0 saturated carbocycles. The van der Waals surface area contributed by atoms with Crippen molar-refractivity contribution in [1.29, 1.82) is 0 Å². The van der Waals surface area contributed by atoms with Crippen LogP contribution < -0.4 is 0 Å². The van der Waals surface area contributed by atoms with Gasteiger partial charge in [-0.15, -0.1) is 0 Å². The fraction of sp³-hybridized carbons (Fsp3) is 0.969. The molecule has 0 bridgehead atoms. The second kappa shape index (κ2) is 29.7. The molecule has 0 rings (SSSR count). The Bertz CT molecular complexity index is 384. The average molecular weight is 496 g/mol. The van der Waals surface area contributed by atoms with Gasteiger partial charge in [0.1, 0.15) is 0 Å². The molecule has 0 aliphatic carbocycles. The molecule has 0 spiro atoms. The maximum Gasteiger partial charge on any atom is 0.222 e. The van der Waals surface area contributed by atoms with Crippen LogP contribution in [0.3, 0.4) is 0 Å². The first kappa shape index (κ1) is 34.4. The third-order valence-electron chi connectivity index (χ3n) is 7.46. The molecule has 3 nitrogen and oxygen atoms in total. The first-order chi connectivity index (χ1) is 17.3. The number of carbonyl (C=O) groups excluding carboxylic acids is 1. The summed E-state index contributed by atoms with van der Waals surface area (Å²) in [6.45, 7) is 6.52. The van der Waals surface area contributed by atoms with Crippen LogP contribution in [0.4, 0.5) is 0 Å². The Morgan fingerprint density at radius 1 is 0.457 bits per heavy atom. The van der Waals surface area contributed by atoms with Crippen LogP contribution in [0.5, 0.6) is 0 Å². The zero-order valence-electron chi connectivity index (χ0n) is 24.3. The highest BCUT2D eigenvalue weighted by molar-refractivity contribution is 5.76. The fourth-order valence-electron chi connectivity index (χ4n) is 5.04. The third kappa shape index (κ3) is 26.3. The number of carbonyl (C=O) groups is 1. The normalized spacial score (nSPS) is 11.3. The molecule has 0 saturated heterocycles. The van der Waals surface area contributed by atoms with E-state index in [1.807, 2.05) is 0 Å². The van der Waals surface area contributed by atoms with Crippen molar-refractivity contribution in [3.8, 4) is 0 Å². The monoisotopic (exact) mass is 496 g/mol. The van der Waals surface area contributed by atoms with E-state index < -0.39 is 0 Å². The number of hydrogen-bond donors (Lipinski definition) is 1. The Hall–Kier alpha value is -0.570. The van der Waals surface area contributed by atoms with Crippen LogP contribution in [0.2, 0.25) is 0 Å². The molecule has 0 aromatic rings. The number of hydrogen-bond acceptors (Lipinski definition) is 2. The second-order valence-electron chi connectivity index (χ2n) is 11.0. The van der Waals surface area contributed by atoms with Crippen LogP contribution in [0.1, 0.15) is 181 Å². The first-order valence-corrected chi connectivity index (χ1v) is 16.1. The number of unbranched alkanes of at least 4 members (excludes halogenated alkanes) is 22. The minimum Gasteiger partial charge on any atom is -0.396 e. The maximum absolute atomic E-state index is 12.6. The van der Waals surface area contributed by atoms with Crippen LogP contribution >= 0.6 is 0 Å². The summed E-state index contributed by atoms with van der Waals surface area (Å²) >= 11 is 0. The molecule has 35 heavy (non-hydrogen) atoms. The first-order valence-electron chi connectivity index (χ1n) is 16.1. The molecule has 0 atom stereocenters. The topological polar surface area (TPSA) is 40.5 Å². The predicted molar refractivity (Wildman–Crippen MR) is 155 cm³/mol. The summed E-state index contributed by atoms with van der Waals surface area (Å²) < 4.78 is 0. The van der Waals surface area contributed by atoms with Gasteiger partial charge >= 0.3 is 0 Å². The molecular formula is C32H65NO2. The summed E-state index contributed by atoms with van der Waals surface area (Å²) in [5.41, 5.74) is 0. The standard InChI is InChI=1S/C32H65NO2/c1-3-5-7-9-11-13-15-17-19-21-23-25-29-33(32(35)28-27-31-34)30-26-24-22-20-18-16-14-12-10-8-6-4-2/h34H,3-31H2,1-2H3. The molecule has 0 heterocycles. The lowest BCUT2D eigenvalue weighted by Gasteiger charge is -2.23. The van der Waals surface area contributed by atoms with Crippen molar-refractivity contribution in [2.45, 2.75) is 181 Å². The zero-order chi connectivity index (χ0) is 25.7. The van der Waals surface area contributed by atoms with Crippen molar-refractivity contribution in [2.75, 3.05) is 19.7 Å². The van der Waals surface area contributed by atoms with Crippen LogP contribution in [-0.2, 0) is 4.79 Å². The van der Waals surface area contributed by atoms with Gasteiger partial charge in [0.15, 0.2) is 0 Å². The highest BCUT2D eigenvalue weighted by atomic mass is 16.3. The summed E-state index contributed by atoms with van der Waals surface area (Å²) in [5.74, 6) is 0.255. The SMILES string of the molecule is CCCCCCCCCCCCCCN(CCCCCCCCCCCCCC)C(=O)CCCO. The summed E-state index contributed by atoms with van der Waals surface area (Å²) in [7, 11) is 0. The van der Waals surface area contributed by atoms with Gasteiger partial charge in [0, 0.05) is 26.1 Å².